The van der Waals surface area contributed by atoms with Crippen molar-refractivity contribution in [1.29, 1.82) is 0 Å². The molecule has 38 heavy (non-hydrogen) atoms. The predicted molar refractivity (Wildman–Crippen MR) is 150 cm³/mol. The molecule has 0 aliphatic carbocycles. The molecule has 0 saturated carbocycles. The van der Waals surface area contributed by atoms with Crippen molar-refractivity contribution >= 4 is 23.6 Å². The summed E-state index contributed by atoms with van der Waals surface area (Å²) in [7, 11) is 0. The Morgan fingerprint density at radius 1 is 0.974 bits per heavy atom. The molecule has 2 rings (SSSR count). The highest BCUT2D eigenvalue weighted by atomic mass is 16.6. The van der Waals surface area contributed by atoms with Gasteiger partial charge in [-0.25, -0.2) is 4.79 Å². The maximum absolute atomic E-state index is 14.0. The van der Waals surface area contributed by atoms with E-state index < -0.39 is 35.6 Å². The number of nitrogens with zero attached hydrogens (tertiary/aromatic N) is 1. The molecule has 0 saturated heterocycles. The maximum atomic E-state index is 14.0. The number of rotatable bonds is 10. The zero-order valence-corrected chi connectivity index (χ0v) is 23.9. The quantitative estimate of drug-likeness (QED) is 0.402. The van der Waals surface area contributed by atoms with Crippen molar-refractivity contribution in [1.82, 2.24) is 10.2 Å². The average Bonchev–Trinajstić information content (AvgIpc) is 2.80. The van der Waals surface area contributed by atoms with Crippen molar-refractivity contribution in [2.45, 2.75) is 79.5 Å². The lowest BCUT2D eigenvalue weighted by atomic mass is 9.96. The van der Waals surface area contributed by atoms with Crippen molar-refractivity contribution in [3.05, 3.63) is 64.7 Å². The predicted octanol–water partition coefficient (Wildman–Crippen LogP) is 5.05. The number of hydrogen-bond acceptors (Lipinski definition) is 5. The summed E-state index contributed by atoms with van der Waals surface area (Å²) in [6, 6.07) is 11.0. The number of amides is 3. The van der Waals surface area contributed by atoms with Crippen LogP contribution < -0.4 is 10.6 Å². The number of alkyl carbamates (subject to hydrolysis) is 1. The van der Waals surface area contributed by atoms with Gasteiger partial charge in [0.15, 0.2) is 0 Å². The van der Waals surface area contributed by atoms with Crippen molar-refractivity contribution in [3.8, 4) is 0 Å². The van der Waals surface area contributed by atoms with Gasteiger partial charge in [0.05, 0.1) is 6.61 Å². The van der Waals surface area contributed by atoms with Crippen LogP contribution >= 0.6 is 0 Å². The number of ether oxygens (including phenoxy) is 1. The third-order valence-corrected chi connectivity index (χ3v) is 6.13. The molecule has 0 radical (unpaired) electrons. The molecule has 2 atom stereocenters. The highest BCUT2D eigenvalue weighted by molar-refractivity contribution is 5.99. The second-order valence-electron chi connectivity index (χ2n) is 11.1. The molecule has 3 amide bonds. The summed E-state index contributed by atoms with van der Waals surface area (Å²) in [6.45, 7) is 14.5. The third kappa shape index (κ3) is 8.87. The number of para-hydroxylation sites is 1. The SMILES string of the molecule is Cc1ccc(C(C(=O)Nc2ccccc2C)N(CCO)C(=O)C(CC(C)C)NC(=O)OC(C)(C)C)cc1C. The summed E-state index contributed by atoms with van der Waals surface area (Å²) in [5.41, 5.74) is 3.41. The molecule has 2 aromatic rings. The highest BCUT2D eigenvalue weighted by Gasteiger charge is 2.36. The second kappa shape index (κ2) is 13.4. The lowest BCUT2D eigenvalue weighted by molar-refractivity contribution is -0.141. The van der Waals surface area contributed by atoms with Crippen LogP contribution in [0.5, 0.6) is 0 Å². The minimum absolute atomic E-state index is 0.0655. The summed E-state index contributed by atoms with van der Waals surface area (Å²) in [5.74, 6) is -0.817. The lowest BCUT2D eigenvalue weighted by Gasteiger charge is -2.35. The Morgan fingerprint density at radius 3 is 2.18 bits per heavy atom. The molecule has 0 aliphatic heterocycles. The number of aliphatic hydroxyl groups is 1. The molecule has 8 nitrogen and oxygen atoms in total. The van der Waals surface area contributed by atoms with E-state index in [1.54, 1.807) is 26.8 Å². The van der Waals surface area contributed by atoms with Gasteiger partial charge < -0.3 is 25.4 Å². The van der Waals surface area contributed by atoms with Crippen LogP contribution in [0.4, 0.5) is 10.5 Å². The molecule has 0 aromatic heterocycles. The first-order valence-electron chi connectivity index (χ1n) is 13.1. The topological polar surface area (TPSA) is 108 Å². The number of aliphatic hydroxyl groups excluding tert-OH is 1. The molecule has 0 fully saturated rings. The normalized spacial score (nSPS) is 13.0. The zero-order chi connectivity index (χ0) is 28.6. The Kier molecular flexibility index (Phi) is 10.9. The smallest absolute Gasteiger partial charge is 0.408 e. The molecule has 8 heteroatoms. The fourth-order valence-corrected chi connectivity index (χ4v) is 4.14. The fraction of sp³-hybridized carbons (Fsp3) is 0.500. The van der Waals surface area contributed by atoms with Crippen LogP contribution in [-0.2, 0) is 14.3 Å². The van der Waals surface area contributed by atoms with Gasteiger partial charge >= 0.3 is 6.09 Å². The fourth-order valence-electron chi connectivity index (χ4n) is 4.14. The first-order chi connectivity index (χ1) is 17.7. The molecule has 2 aromatic carbocycles. The van der Waals surface area contributed by atoms with Gasteiger partial charge in [0.2, 0.25) is 5.91 Å². The van der Waals surface area contributed by atoms with Gasteiger partial charge in [-0.2, -0.15) is 0 Å². The van der Waals surface area contributed by atoms with Gasteiger partial charge in [0, 0.05) is 12.2 Å². The van der Waals surface area contributed by atoms with Crippen molar-refractivity contribution in [3.63, 3.8) is 0 Å². The first kappa shape index (κ1) is 30.8. The molecule has 3 N–H and O–H groups in total. The Morgan fingerprint density at radius 2 is 1.63 bits per heavy atom. The largest absolute Gasteiger partial charge is 0.444 e. The molecule has 0 bridgehead atoms. The summed E-state index contributed by atoms with van der Waals surface area (Å²) in [6.07, 6.45) is -0.383. The van der Waals surface area contributed by atoms with E-state index in [4.69, 9.17) is 4.74 Å². The minimum atomic E-state index is -1.04. The van der Waals surface area contributed by atoms with E-state index >= 15 is 0 Å². The average molecular weight is 526 g/mol. The Bertz CT molecular complexity index is 1120. The number of carbonyl (C=O) groups excluding carboxylic acids is 3. The highest BCUT2D eigenvalue weighted by Crippen LogP contribution is 2.27. The lowest BCUT2D eigenvalue weighted by Crippen LogP contribution is -2.53. The van der Waals surface area contributed by atoms with Crippen molar-refractivity contribution < 1.29 is 24.2 Å². The van der Waals surface area contributed by atoms with E-state index in [1.165, 1.54) is 4.90 Å². The van der Waals surface area contributed by atoms with E-state index in [1.807, 2.05) is 71.0 Å². The van der Waals surface area contributed by atoms with Crippen LogP contribution in [0.2, 0.25) is 0 Å². The number of hydrogen-bond donors (Lipinski definition) is 3. The monoisotopic (exact) mass is 525 g/mol. The van der Waals surface area contributed by atoms with Crippen LogP contribution in [0.3, 0.4) is 0 Å². The van der Waals surface area contributed by atoms with E-state index in [0.717, 1.165) is 16.7 Å². The Labute approximate surface area is 226 Å². The van der Waals surface area contributed by atoms with E-state index in [-0.39, 0.29) is 19.1 Å². The van der Waals surface area contributed by atoms with Gasteiger partial charge in [-0.05, 0) is 82.2 Å². The van der Waals surface area contributed by atoms with Gasteiger partial charge in [-0.1, -0.05) is 50.2 Å². The molecule has 0 aliphatic rings. The van der Waals surface area contributed by atoms with Crippen molar-refractivity contribution in [2.75, 3.05) is 18.5 Å². The number of anilines is 1. The van der Waals surface area contributed by atoms with E-state index in [9.17, 15) is 19.5 Å². The summed E-state index contributed by atoms with van der Waals surface area (Å²) in [5, 5.41) is 15.6. The van der Waals surface area contributed by atoms with Crippen LogP contribution in [0.25, 0.3) is 0 Å². The van der Waals surface area contributed by atoms with E-state index in [0.29, 0.717) is 17.7 Å². The summed E-state index contributed by atoms with van der Waals surface area (Å²) in [4.78, 5) is 41.8. The van der Waals surface area contributed by atoms with Crippen LogP contribution in [0, 0.1) is 26.7 Å². The molecular formula is C30H43N3O5. The Balaban J connectivity index is 2.54. The van der Waals surface area contributed by atoms with E-state index in [2.05, 4.69) is 10.6 Å². The summed E-state index contributed by atoms with van der Waals surface area (Å²) < 4.78 is 5.40. The van der Waals surface area contributed by atoms with Crippen molar-refractivity contribution in [2.24, 2.45) is 5.92 Å². The zero-order valence-electron chi connectivity index (χ0n) is 23.9. The Hall–Kier alpha value is -3.39. The van der Waals surface area contributed by atoms with Crippen LogP contribution in [0.1, 0.15) is 69.3 Å². The molecule has 2 unspecified atom stereocenters. The number of aryl methyl sites for hydroxylation is 3. The van der Waals surface area contributed by atoms with Gasteiger partial charge in [0.1, 0.15) is 17.7 Å². The second-order valence-corrected chi connectivity index (χ2v) is 11.1. The number of nitrogens with one attached hydrogen (secondary N) is 2. The van der Waals surface area contributed by atoms with Crippen LogP contribution in [0.15, 0.2) is 42.5 Å². The molecule has 0 heterocycles. The molecule has 208 valence electrons. The molecular weight excluding hydrogens is 482 g/mol. The minimum Gasteiger partial charge on any atom is -0.444 e. The third-order valence-electron chi connectivity index (χ3n) is 6.13. The number of carbonyl (C=O) groups is 3. The van der Waals surface area contributed by atoms with Gasteiger partial charge in [0.25, 0.3) is 5.91 Å². The van der Waals surface area contributed by atoms with Gasteiger partial charge in [-0.15, -0.1) is 0 Å². The maximum Gasteiger partial charge on any atom is 0.408 e. The van der Waals surface area contributed by atoms with Gasteiger partial charge in [-0.3, -0.25) is 9.59 Å². The number of benzene rings is 2. The molecule has 0 spiro atoms. The standard InChI is InChI=1S/C30H43N3O5/c1-19(2)17-25(32-29(37)38-30(6,7)8)28(36)33(15-16-34)26(23-14-13-20(3)22(5)18-23)27(35)31-24-12-10-9-11-21(24)4/h9-14,18-19,25-26,34H,15-17H2,1-8H3,(H,31,35)(H,32,37). The summed E-state index contributed by atoms with van der Waals surface area (Å²) >= 11 is 0. The first-order valence-corrected chi connectivity index (χ1v) is 13.1. The van der Waals surface area contributed by atoms with Crippen LogP contribution in [-0.4, -0.2) is 52.7 Å².